The van der Waals surface area contributed by atoms with E-state index in [2.05, 4.69) is 20.4 Å². The first kappa shape index (κ1) is 18.4. The van der Waals surface area contributed by atoms with Crippen LogP contribution in [0.15, 0.2) is 47.1 Å². The zero-order valence-electron chi connectivity index (χ0n) is 14.8. The summed E-state index contributed by atoms with van der Waals surface area (Å²) in [4.78, 5) is 20.8. The minimum Gasteiger partial charge on any atom is -0.471 e. The Morgan fingerprint density at radius 3 is 2.93 bits per heavy atom. The zero-order chi connectivity index (χ0) is 19.3. The van der Waals surface area contributed by atoms with E-state index in [4.69, 9.17) is 25.6 Å². The van der Waals surface area contributed by atoms with Gasteiger partial charge in [0, 0.05) is 18.2 Å². The van der Waals surface area contributed by atoms with Crippen molar-refractivity contribution in [2.24, 2.45) is 0 Å². The van der Waals surface area contributed by atoms with E-state index in [1.54, 1.807) is 0 Å². The van der Waals surface area contributed by atoms with Crippen LogP contribution in [0.25, 0.3) is 11.4 Å². The van der Waals surface area contributed by atoms with Crippen LogP contribution in [-0.4, -0.2) is 40.3 Å². The fourth-order valence-corrected chi connectivity index (χ4v) is 2.90. The van der Waals surface area contributed by atoms with E-state index in [-0.39, 0.29) is 29.5 Å². The molecule has 1 saturated heterocycles. The van der Waals surface area contributed by atoms with E-state index in [1.807, 2.05) is 30.3 Å². The average molecular weight is 401 g/mol. The highest BCUT2D eigenvalue weighted by molar-refractivity contribution is 6.32. The van der Waals surface area contributed by atoms with Crippen molar-refractivity contribution in [2.75, 3.05) is 13.2 Å². The molecule has 4 rings (SSSR count). The van der Waals surface area contributed by atoms with E-state index in [1.165, 1.54) is 12.3 Å². The molecule has 1 aliphatic rings. The molecule has 1 fully saturated rings. The van der Waals surface area contributed by atoms with Crippen molar-refractivity contribution in [3.8, 4) is 17.3 Å². The number of amides is 1. The van der Waals surface area contributed by atoms with Crippen LogP contribution in [0.5, 0.6) is 5.88 Å². The number of ether oxygens (including phenoxy) is 2. The Kier molecular flexibility index (Phi) is 5.50. The maximum Gasteiger partial charge on any atom is 0.253 e. The van der Waals surface area contributed by atoms with Gasteiger partial charge in [0.1, 0.15) is 11.1 Å². The normalized spacial score (nSPS) is 16.1. The molecule has 1 amide bonds. The van der Waals surface area contributed by atoms with E-state index in [0.29, 0.717) is 30.5 Å². The first-order valence-electron chi connectivity index (χ1n) is 8.75. The largest absolute Gasteiger partial charge is 0.471 e. The number of hydrogen-bond donors (Lipinski definition) is 1. The molecule has 28 heavy (non-hydrogen) atoms. The summed E-state index contributed by atoms with van der Waals surface area (Å²) >= 11 is 6.19. The van der Waals surface area contributed by atoms with Crippen molar-refractivity contribution in [2.45, 2.75) is 19.1 Å². The summed E-state index contributed by atoms with van der Waals surface area (Å²) in [6.07, 6.45) is 2.13. The van der Waals surface area contributed by atoms with Gasteiger partial charge in [0.05, 0.1) is 25.3 Å². The zero-order valence-corrected chi connectivity index (χ0v) is 15.6. The third-order valence-corrected chi connectivity index (χ3v) is 4.41. The van der Waals surface area contributed by atoms with Gasteiger partial charge in [-0.3, -0.25) is 4.79 Å². The standard InChI is InChI=1S/C19H17ClN4O4/c20-15-8-13(9-22-19(15)27-14-6-7-26-11-14)18(25)21-10-16-23-17(24-28-16)12-4-2-1-3-5-12/h1-5,8-9,14H,6-7,10-11H2,(H,21,25). The second-order valence-corrected chi connectivity index (χ2v) is 6.58. The molecule has 0 spiro atoms. The number of nitrogens with zero attached hydrogens (tertiary/aromatic N) is 3. The highest BCUT2D eigenvalue weighted by Gasteiger charge is 2.20. The van der Waals surface area contributed by atoms with Crippen LogP contribution in [0.3, 0.4) is 0 Å². The fourth-order valence-electron chi connectivity index (χ4n) is 2.69. The van der Waals surface area contributed by atoms with Crippen LogP contribution >= 0.6 is 11.6 Å². The molecule has 144 valence electrons. The Morgan fingerprint density at radius 1 is 1.32 bits per heavy atom. The van der Waals surface area contributed by atoms with Gasteiger partial charge in [0.25, 0.3) is 5.91 Å². The molecular formula is C19H17ClN4O4. The number of nitrogens with one attached hydrogen (secondary N) is 1. The Hall–Kier alpha value is -2.97. The lowest BCUT2D eigenvalue weighted by atomic mass is 10.2. The van der Waals surface area contributed by atoms with Crippen molar-refractivity contribution in [3.63, 3.8) is 0 Å². The molecule has 1 aliphatic heterocycles. The minimum atomic E-state index is -0.357. The number of halogens is 1. The summed E-state index contributed by atoms with van der Waals surface area (Å²) in [5.74, 6) is 0.696. The molecule has 0 saturated carbocycles. The van der Waals surface area contributed by atoms with E-state index >= 15 is 0 Å². The molecular weight excluding hydrogens is 384 g/mol. The molecule has 2 aromatic heterocycles. The monoisotopic (exact) mass is 400 g/mol. The maximum atomic E-state index is 12.3. The van der Waals surface area contributed by atoms with Gasteiger partial charge in [-0.1, -0.05) is 47.1 Å². The number of aromatic nitrogens is 3. The second-order valence-electron chi connectivity index (χ2n) is 6.17. The number of carbonyl (C=O) groups excluding carboxylic acids is 1. The first-order chi connectivity index (χ1) is 13.7. The van der Waals surface area contributed by atoms with Gasteiger partial charge >= 0.3 is 0 Å². The van der Waals surface area contributed by atoms with Crippen LogP contribution in [0.2, 0.25) is 5.02 Å². The number of rotatable bonds is 6. The van der Waals surface area contributed by atoms with Gasteiger partial charge in [-0.2, -0.15) is 4.98 Å². The van der Waals surface area contributed by atoms with E-state index in [0.717, 1.165) is 12.0 Å². The van der Waals surface area contributed by atoms with E-state index < -0.39 is 0 Å². The Labute approximate surface area is 165 Å². The minimum absolute atomic E-state index is 0.0685. The Balaban J connectivity index is 1.36. The number of pyridine rings is 1. The lowest BCUT2D eigenvalue weighted by Gasteiger charge is -2.12. The Morgan fingerprint density at radius 2 is 2.18 bits per heavy atom. The topological polar surface area (TPSA) is 99.4 Å². The first-order valence-corrected chi connectivity index (χ1v) is 9.13. The maximum absolute atomic E-state index is 12.3. The number of carbonyl (C=O) groups is 1. The number of benzene rings is 1. The van der Waals surface area contributed by atoms with Crippen LogP contribution in [0.1, 0.15) is 22.7 Å². The summed E-state index contributed by atoms with van der Waals surface area (Å²) < 4.78 is 16.1. The molecule has 1 atom stereocenters. The van der Waals surface area contributed by atoms with Gasteiger partial charge in [-0.25, -0.2) is 4.98 Å². The third-order valence-electron chi connectivity index (χ3n) is 4.14. The Bertz CT molecular complexity index is 958. The van der Waals surface area contributed by atoms with Crippen LogP contribution in [-0.2, 0) is 11.3 Å². The van der Waals surface area contributed by atoms with Crippen LogP contribution in [0, 0.1) is 0 Å². The molecule has 9 heteroatoms. The average Bonchev–Trinajstić information content (AvgIpc) is 3.40. The molecule has 1 N–H and O–H groups in total. The molecule has 8 nitrogen and oxygen atoms in total. The molecule has 3 aromatic rings. The van der Waals surface area contributed by atoms with Gasteiger partial charge in [0.15, 0.2) is 0 Å². The lowest BCUT2D eigenvalue weighted by molar-refractivity contribution is 0.0945. The predicted molar refractivity (Wildman–Crippen MR) is 100 cm³/mol. The highest BCUT2D eigenvalue weighted by Crippen LogP contribution is 2.25. The highest BCUT2D eigenvalue weighted by atomic mass is 35.5. The fraction of sp³-hybridized carbons (Fsp3) is 0.263. The summed E-state index contributed by atoms with van der Waals surface area (Å²) in [6.45, 7) is 1.26. The molecule has 1 aromatic carbocycles. The SMILES string of the molecule is O=C(NCc1nc(-c2ccccc2)no1)c1cnc(OC2CCOC2)c(Cl)c1. The van der Waals surface area contributed by atoms with Crippen molar-refractivity contribution in [1.82, 2.24) is 20.4 Å². The van der Waals surface area contributed by atoms with Crippen LogP contribution < -0.4 is 10.1 Å². The van der Waals surface area contributed by atoms with Crippen molar-refractivity contribution < 1.29 is 18.8 Å². The summed E-state index contributed by atoms with van der Waals surface area (Å²) in [6, 6.07) is 10.9. The lowest BCUT2D eigenvalue weighted by Crippen LogP contribution is -2.23. The molecule has 1 unspecified atom stereocenters. The molecule has 0 bridgehead atoms. The van der Waals surface area contributed by atoms with Gasteiger partial charge in [0.2, 0.25) is 17.6 Å². The predicted octanol–water partition coefficient (Wildman–Crippen LogP) is 2.88. The summed E-state index contributed by atoms with van der Waals surface area (Å²) in [5.41, 5.74) is 1.14. The number of hydrogen-bond acceptors (Lipinski definition) is 7. The molecule has 0 aliphatic carbocycles. The van der Waals surface area contributed by atoms with E-state index in [9.17, 15) is 4.79 Å². The molecule has 3 heterocycles. The van der Waals surface area contributed by atoms with Crippen LogP contribution in [0.4, 0.5) is 0 Å². The van der Waals surface area contributed by atoms with Crippen molar-refractivity contribution >= 4 is 17.5 Å². The van der Waals surface area contributed by atoms with Crippen molar-refractivity contribution in [3.05, 3.63) is 59.1 Å². The van der Waals surface area contributed by atoms with Crippen molar-refractivity contribution in [1.29, 1.82) is 0 Å². The van der Waals surface area contributed by atoms with Gasteiger partial charge < -0.3 is 19.3 Å². The summed E-state index contributed by atoms with van der Waals surface area (Å²) in [7, 11) is 0. The quantitative estimate of drug-likeness (QED) is 0.679. The van der Waals surface area contributed by atoms with Gasteiger partial charge in [-0.15, -0.1) is 0 Å². The smallest absolute Gasteiger partial charge is 0.253 e. The molecule has 0 radical (unpaired) electrons. The third kappa shape index (κ3) is 4.29. The van der Waals surface area contributed by atoms with Gasteiger partial charge in [-0.05, 0) is 6.07 Å². The second kappa shape index (κ2) is 8.37. The summed E-state index contributed by atoms with van der Waals surface area (Å²) in [5, 5.41) is 6.89.